The Bertz CT molecular complexity index is 510. The molecular formula is C13H13NO3S. The van der Waals surface area contributed by atoms with Gasteiger partial charge in [0.2, 0.25) is 0 Å². The molecule has 1 aromatic heterocycles. The van der Waals surface area contributed by atoms with Crippen LogP contribution in [0.3, 0.4) is 0 Å². The van der Waals surface area contributed by atoms with Crippen molar-refractivity contribution >= 4 is 17.3 Å². The van der Waals surface area contributed by atoms with E-state index >= 15 is 0 Å². The summed E-state index contributed by atoms with van der Waals surface area (Å²) in [7, 11) is 0. The maximum absolute atomic E-state index is 11.3. The number of hydrogen-bond acceptors (Lipinski definition) is 5. The molecule has 0 unspecified atom stereocenters. The van der Waals surface area contributed by atoms with Gasteiger partial charge in [0.25, 0.3) is 5.19 Å². The maximum atomic E-state index is 11.3. The van der Waals surface area contributed by atoms with Gasteiger partial charge >= 0.3 is 5.97 Å². The second-order valence-electron chi connectivity index (χ2n) is 3.49. The Morgan fingerprint density at radius 1 is 1.33 bits per heavy atom. The first-order valence-corrected chi connectivity index (χ1v) is 6.43. The van der Waals surface area contributed by atoms with E-state index in [1.54, 1.807) is 13.1 Å². The van der Waals surface area contributed by atoms with Crippen molar-refractivity contribution < 1.29 is 14.3 Å². The molecule has 0 aliphatic heterocycles. The smallest absolute Gasteiger partial charge is 0.311 e. The van der Waals surface area contributed by atoms with Gasteiger partial charge in [0.05, 0.1) is 13.0 Å². The minimum Gasteiger partial charge on any atom is -0.466 e. The van der Waals surface area contributed by atoms with Crippen LogP contribution < -0.4 is 4.74 Å². The molecule has 0 fully saturated rings. The van der Waals surface area contributed by atoms with Gasteiger partial charge in [0, 0.05) is 11.1 Å². The first kappa shape index (κ1) is 12.6. The summed E-state index contributed by atoms with van der Waals surface area (Å²) in [5.41, 5.74) is 0. The van der Waals surface area contributed by atoms with E-state index in [0.717, 1.165) is 10.6 Å². The van der Waals surface area contributed by atoms with E-state index in [9.17, 15) is 4.79 Å². The van der Waals surface area contributed by atoms with Crippen LogP contribution in [0.1, 0.15) is 11.8 Å². The van der Waals surface area contributed by atoms with Crippen molar-refractivity contribution in [3.8, 4) is 10.9 Å². The number of rotatable bonds is 5. The molecule has 5 heteroatoms. The highest BCUT2D eigenvalue weighted by Crippen LogP contribution is 2.26. The summed E-state index contributed by atoms with van der Waals surface area (Å²) in [5.74, 6) is 0.488. The Kier molecular flexibility index (Phi) is 4.30. The second kappa shape index (κ2) is 6.16. The van der Waals surface area contributed by atoms with Crippen molar-refractivity contribution in [2.45, 2.75) is 13.3 Å². The SMILES string of the molecule is CCOC(=O)Cc1cnc(Oc2ccccc2)s1. The van der Waals surface area contributed by atoms with Crippen LogP contribution in [0.25, 0.3) is 0 Å². The lowest BCUT2D eigenvalue weighted by atomic mass is 10.3. The molecule has 94 valence electrons. The molecular weight excluding hydrogens is 250 g/mol. The van der Waals surface area contributed by atoms with Gasteiger partial charge in [-0.05, 0) is 19.1 Å². The number of hydrogen-bond donors (Lipinski definition) is 0. The molecule has 0 atom stereocenters. The van der Waals surface area contributed by atoms with Crippen LogP contribution in [-0.2, 0) is 16.0 Å². The number of nitrogens with zero attached hydrogens (tertiary/aromatic N) is 1. The summed E-state index contributed by atoms with van der Waals surface area (Å²) >= 11 is 1.35. The molecule has 0 saturated heterocycles. The molecule has 4 nitrogen and oxygen atoms in total. The van der Waals surface area contributed by atoms with Gasteiger partial charge in [0.1, 0.15) is 5.75 Å². The second-order valence-corrected chi connectivity index (χ2v) is 4.57. The van der Waals surface area contributed by atoms with Gasteiger partial charge in [-0.15, -0.1) is 0 Å². The number of para-hydroxylation sites is 1. The molecule has 0 N–H and O–H groups in total. The molecule has 0 saturated carbocycles. The standard InChI is InChI=1S/C13H13NO3S/c1-2-16-12(15)8-11-9-14-13(18-11)17-10-6-4-3-5-7-10/h3-7,9H,2,8H2,1H3. The summed E-state index contributed by atoms with van der Waals surface area (Å²) in [6.07, 6.45) is 1.88. The highest BCUT2D eigenvalue weighted by molar-refractivity contribution is 7.13. The fourth-order valence-electron chi connectivity index (χ4n) is 1.36. The predicted octanol–water partition coefficient (Wildman–Crippen LogP) is 3.04. The summed E-state index contributed by atoms with van der Waals surface area (Å²) in [6, 6.07) is 9.41. The first-order chi connectivity index (χ1) is 8.78. The zero-order valence-corrected chi connectivity index (χ0v) is 10.8. The third kappa shape index (κ3) is 3.56. The van der Waals surface area contributed by atoms with Crippen molar-refractivity contribution in [3.63, 3.8) is 0 Å². The van der Waals surface area contributed by atoms with Crippen molar-refractivity contribution in [1.29, 1.82) is 0 Å². The van der Waals surface area contributed by atoms with Gasteiger partial charge in [0.15, 0.2) is 0 Å². The van der Waals surface area contributed by atoms with Crippen LogP contribution in [0.5, 0.6) is 10.9 Å². The maximum Gasteiger partial charge on any atom is 0.311 e. The molecule has 1 aromatic carbocycles. The largest absolute Gasteiger partial charge is 0.466 e. The summed E-state index contributed by atoms with van der Waals surface area (Å²) < 4.78 is 10.4. The lowest BCUT2D eigenvalue weighted by Gasteiger charge is -1.99. The molecule has 1 heterocycles. The third-order valence-corrected chi connectivity index (χ3v) is 2.98. The normalized spacial score (nSPS) is 10.1. The molecule has 0 aliphatic rings. The molecule has 0 bridgehead atoms. The third-order valence-electron chi connectivity index (χ3n) is 2.10. The number of carbonyl (C=O) groups is 1. The average Bonchev–Trinajstić information content (AvgIpc) is 2.78. The number of esters is 1. The summed E-state index contributed by atoms with van der Waals surface area (Å²) in [6.45, 7) is 2.18. The zero-order chi connectivity index (χ0) is 12.8. The van der Waals surface area contributed by atoms with Gasteiger partial charge in [-0.1, -0.05) is 29.5 Å². The number of carbonyl (C=O) groups excluding carboxylic acids is 1. The van der Waals surface area contributed by atoms with Gasteiger partial charge in [-0.3, -0.25) is 4.79 Å². The Hall–Kier alpha value is -1.88. The van der Waals surface area contributed by atoms with E-state index in [2.05, 4.69) is 4.98 Å². The fourth-order valence-corrected chi connectivity index (χ4v) is 2.13. The minimum atomic E-state index is -0.243. The van der Waals surface area contributed by atoms with E-state index in [1.807, 2.05) is 30.3 Å². The highest BCUT2D eigenvalue weighted by atomic mass is 32.1. The topological polar surface area (TPSA) is 48.4 Å². The summed E-state index contributed by atoms with van der Waals surface area (Å²) in [4.78, 5) is 16.2. The zero-order valence-electron chi connectivity index (χ0n) is 9.96. The Labute approximate surface area is 109 Å². The number of ether oxygens (including phenoxy) is 2. The summed E-state index contributed by atoms with van der Waals surface area (Å²) in [5, 5.41) is 0.528. The molecule has 0 radical (unpaired) electrons. The van der Waals surface area contributed by atoms with Crippen molar-refractivity contribution in [2.24, 2.45) is 0 Å². The molecule has 0 aliphatic carbocycles. The Morgan fingerprint density at radius 3 is 2.83 bits per heavy atom. The van der Waals surface area contributed by atoms with Gasteiger partial charge < -0.3 is 9.47 Å². The van der Waals surface area contributed by atoms with Crippen LogP contribution in [0.4, 0.5) is 0 Å². The van der Waals surface area contributed by atoms with Crippen LogP contribution >= 0.6 is 11.3 Å². The van der Waals surface area contributed by atoms with Crippen molar-refractivity contribution in [2.75, 3.05) is 6.61 Å². The molecule has 0 amide bonds. The lowest BCUT2D eigenvalue weighted by molar-refractivity contribution is -0.142. The Balaban J connectivity index is 1.96. The quantitative estimate of drug-likeness (QED) is 0.778. The number of thiazole rings is 1. The monoisotopic (exact) mass is 263 g/mol. The van der Waals surface area contributed by atoms with Crippen LogP contribution in [0, 0.1) is 0 Å². The van der Waals surface area contributed by atoms with E-state index in [-0.39, 0.29) is 12.4 Å². The molecule has 2 rings (SSSR count). The van der Waals surface area contributed by atoms with E-state index in [0.29, 0.717) is 11.8 Å². The lowest BCUT2D eigenvalue weighted by Crippen LogP contribution is -2.06. The number of benzene rings is 1. The van der Waals surface area contributed by atoms with Crippen molar-refractivity contribution in [3.05, 3.63) is 41.4 Å². The van der Waals surface area contributed by atoms with E-state index < -0.39 is 0 Å². The molecule has 18 heavy (non-hydrogen) atoms. The number of aromatic nitrogens is 1. The van der Waals surface area contributed by atoms with Crippen molar-refractivity contribution in [1.82, 2.24) is 4.98 Å². The average molecular weight is 263 g/mol. The van der Waals surface area contributed by atoms with Gasteiger partial charge in [-0.25, -0.2) is 4.98 Å². The van der Waals surface area contributed by atoms with E-state index in [4.69, 9.17) is 9.47 Å². The van der Waals surface area contributed by atoms with Crippen LogP contribution in [0.2, 0.25) is 0 Å². The highest BCUT2D eigenvalue weighted by Gasteiger charge is 2.09. The van der Waals surface area contributed by atoms with E-state index in [1.165, 1.54) is 11.3 Å². The Morgan fingerprint density at radius 2 is 2.11 bits per heavy atom. The fraction of sp³-hybridized carbons (Fsp3) is 0.231. The molecule has 2 aromatic rings. The van der Waals surface area contributed by atoms with Crippen LogP contribution in [0.15, 0.2) is 36.5 Å². The van der Waals surface area contributed by atoms with Gasteiger partial charge in [-0.2, -0.15) is 0 Å². The minimum absolute atomic E-state index is 0.240. The van der Waals surface area contributed by atoms with Crippen LogP contribution in [-0.4, -0.2) is 17.6 Å². The first-order valence-electron chi connectivity index (χ1n) is 5.61. The molecule has 0 spiro atoms. The predicted molar refractivity (Wildman–Crippen MR) is 69.0 cm³/mol.